The number of nitrogens with one attached hydrogen (secondary N) is 1. The number of hydrogen-bond donors (Lipinski definition) is 3. The van der Waals surface area contributed by atoms with E-state index in [9.17, 15) is 4.79 Å². The summed E-state index contributed by atoms with van der Waals surface area (Å²) in [6.45, 7) is 1.07. The Morgan fingerprint density at radius 3 is 2.95 bits per heavy atom. The molecule has 4 N–H and O–H groups in total. The third-order valence-electron chi connectivity index (χ3n) is 2.92. The zero-order chi connectivity index (χ0) is 15.1. The summed E-state index contributed by atoms with van der Waals surface area (Å²) in [6.07, 6.45) is 0.223. The van der Waals surface area contributed by atoms with Crippen LogP contribution in [0.5, 0.6) is 0 Å². The maximum absolute atomic E-state index is 11.8. The van der Waals surface area contributed by atoms with Crippen molar-refractivity contribution in [2.75, 3.05) is 32.1 Å². The third-order valence-corrected chi connectivity index (χ3v) is 2.92. The molecule has 0 spiro atoms. The van der Waals surface area contributed by atoms with Gasteiger partial charge >= 0.3 is 0 Å². The molecule has 0 aliphatic rings. The lowest BCUT2D eigenvalue weighted by Crippen LogP contribution is -2.29. The average molecular weight is 289 g/mol. The van der Waals surface area contributed by atoms with Crippen molar-refractivity contribution in [1.29, 1.82) is 0 Å². The van der Waals surface area contributed by atoms with Gasteiger partial charge in [0, 0.05) is 17.6 Å². The fourth-order valence-electron chi connectivity index (χ4n) is 1.94. The zero-order valence-electron chi connectivity index (χ0n) is 11.7. The molecule has 0 bridgehead atoms. The number of nitrogens with zero attached hydrogens (tertiary/aromatic N) is 1. The molecule has 0 saturated carbocycles. The molecule has 6 heteroatoms. The molecule has 112 valence electrons. The van der Waals surface area contributed by atoms with E-state index in [1.165, 1.54) is 0 Å². The van der Waals surface area contributed by atoms with Gasteiger partial charge in [0.1, 0.15) is 0 Å². The Morgan fingerprint density at radius 2 is 2.14 bits per heavy atom. The van der Waals surface area contributed by atoms with Crippen molar-refractivity contribution < 1.29 is 14.6 Å². The number of aliphatic hydroxyl groups is 1. The van der Waals surface area contributed by atoms with Gasteiger partial charge in [-0.25, -0.2) is 0 Å². The molecule has 0 aliphatic heterocycles. The number of amides is 1. The van der Waals surface area contributed by atoms with Crippen LogP contribution in [-0.2, 0) is 16.0 Å². The Balaban J connectivity index is 1.87. The smallest absolute Gasteiger partial charge is 0.226 e. The number of anilines is 1. The standard InChI is InChI=1S/C15H19N3O3/c16-12-2-4-14-11(9-12)1-3-13(18-14)10-15(20)17-5-7-21-8-6-19/h1-4,9,19H,5-8,10,16H2,(H,17,20). The topological polar surface area (TPSA) is 97.5 Å². The highest BCUT2D eigenvalue weighted by atomic mass is 16.5. The molecular formula is C15H19N3O3. The summed E-state index contributed by atoms with van der Waals surface area (Å²) in [5, 5.41) is 12.2. The molecule has 0 atom stereocenters. The molecule has 2 aromatic rings. The SMILES string of the molecule is Nc1ccc2nc(CC(=O)NCCOCCO)ccc2c1. The van der Waals surface area contributed by atoms with E-state index in [0.717, 1.165) is 10.9 Å². The zero-order valence-corrected chi connectivity index (χ0v) is 11.7. The first-order valence-electron chi connectivity index (χ1n) is 6.79. The Hall–Kier alpha value is -2.18. The summed E-state index contributed by atoms with van der Waals surface area (Å²) in [6, 6.07) is 9.21. The summed E-state index contributed by atoms with van der Waals surface area (Å²) in [5.74, 6) is -0.107. The number of carbonyl (C=O) groups is 1. The summed E-state index contributed by atoms with van der Waals surface area (Å²) >= 11 is 0. The van der Waals surface area contributed by atoms with Crippen molar-refractivity contribution in [3.05, 3.63) is 36.0 Å². The van der Waals surface area contributed by atoms with E-state index in [0.29, 0.717) is 24.5 Å². The van der Waals surface area contributed by atoms with Crippen LogP contribution < -0.4 is 11.1 Å². The van der Waals surface area contributed by atoms with Crippen LogP contribution in [0.1, 0.15) is 5.69 Å². The predicted molar refractivity (Wildman–Crippen MR) is 80.8 cm³/mol. The van der Waals surface area contributed by atoms with Crippen LogP contribution in [0, 0.1) is 0 Å². The molecule has 1 heterocycles. The Kier molecular flexibility index (Phi) is 5.48. The van der Waals surface area contributed by atoms with Crippen molar-refractivity contribution in [2.24, 2.45) is 0 Å². The van der Waals surface area contributed by atoms with Gasteiger partial charge in [0.05, 0.1) is 37.5 Å². The largest absolute Gasteiger partial charge is 0.399 e. The highest BCUT2D eigenvalue weighted by Gasteiger charge is 2.05. The maximum Gasteiger partial charge on any atom is 0.226 e. The number of carbonyl (C=O) groups excluding carboxylic acids is 1. The number of aliphatic hydroxyl groups excluding tert-OH is 1. The van der Waals surface area contributed by atoms with E-state index >= 15 is 0 Å². The molecule has 0 saturated heterocycles. The molecule has 21 heavy (non-hydrogen) atoms. The molecule has 1 aromatic carbocycles. The van der Waals surface area contributed by atoms with Crippen molar-refractivity contribution in [3.63, 3.8) is 0 Å². The van der Waals surface area contributed by atoms with Crippen molar-refractivity contribution in [2.45, 2.75) is 6.42 Å². The summed E-state index contributed by atoms with van der Waals surface area (Å²) < 4.78 is 5.06. The normalized spacial score (nSPS) is 10.7. The Labute approximate surface area is 122 Å². The number of aromatic nitrogens is 1. The number of pyridine rings is 1. The molecule has 0 aliphatic carbocycles. The fourth-order valence-corrected chi connectivity index (χ4v) is 1.94. The number of nitrogens with two attached hydrogens (primary N) is 1. The minimum atomic E-state index is -0.107. The van der Waals surface area contributed by atoms with Gasteiger partial charge in [0.2, 0.25) is 5.91 Å². The molecule has 0 radical (unpaired) electrons. The van der Waals surface area contributed by atoms with Crippen LogP contribution in [0.3, 0.4) is 0 Å². The highest BCUT2D eigenvalue weighted by molar-refractivity contribution is 5.83. The van der Waals surface area contributed by atoms with Crippen LogP contribution in [0.2, 0.25) is 0 Å². The summed E-state index contributed by atoms with van der Waals surface area (Å²) in [4.78, 5) is 16.2. The molecule has 6 nitrogen and oxygen atoms in total. The van der Waals surface area contributed by atoms with Gasteiger partial charge in [-0.05, 0) is 24.3 Å². The first-order chi connectivity index (χ1) is 10.2. The quantitative estimate of drug-likeness (QED) is 0.509. The number of ether oxygens (including phenoxy) is 1. The molecular weight excluding hydrogens is 270 g/mol. The first-order valence-corrected chi connectivity index (χ1v) is 6.79. The van der Waals surface area contributed by atoms with Crippen LogP contribution in [0.25, 0.3) is 10.9 Å². The van der Waals surface area contributed by atoms with Gasteiger partial charge in [0.25, 0.3) is 0 Å². The van der Waals surface area contributed by atoms with E-state index in [1.54, 1.807) is 6.07 Å². The van der Waals surface area contributed by atoms with Crippen LogP contribution in [-0.4, -0.2) is 42.4 Å². The highest BCUT2D eigenvalue weighted by Crippen LogP contribution is 2.16. The number of rotatable bonds is 7. The number of hydrogen-bond acceptors (Lipinski definition) is 5. The van der Waals surface area contributed by atoms with Crippen LogP contribution in [0.15, 0.2) is 30.3 Å². The maximum atomic E-state index is 11.8. The predicted octanol–water partition coefficient (Wildman–Crippen LogP) is 0.485. The van der Waals surface area contributed by atoms with Crippen molar-refractivity contribution in [1.82, 2.24) is 10.3 Å². The second-order valence-electron chi connectivity index (χ2n) is 4.62. The van der Waals surface area contributed by atoms with E-state index in [4.69, 9.17) is 15.6 Å². The molecule has 0 fully saturated rings. The lowest BCUT2D eigenvalue weighted by atomic mass is 10.1. The number of benzene rings is 1. The van der Waals surface area contributed by atoms with E-state index < -0.39 is 0 Å². The first kappa shape index (κ1) is 15.2. The average Bonchev–Trinajstić information content (AvgIpc) is 2.47. The van der Waals surface area contributed by atoms with Gasteiger partial charge in [-0.1, -0.05) is 6.07 Å². The second kappa shape index (κ2) is 7.56. The lowest BCUT2D eigenvalue weighted by Gasteiger charge is -2.06. The number of fused-ring (bicyclic) bond motifs is 1. The lowest BCUT2D eigenvalue weighted by molar-refractivity contribution is -0.120. The van der Waals surface area contributed by atoms with E-state index in [-0.39, 0.29) is 25.5 Å². The molecule has 1 amide bonds. The minimum Gasteiger partial charge on any atom is -0.399 e. The van der Waals surface area contributed by atoms with Crippen molar-refractivity contribution >= 4 is 22.5 Å². The molecule has 1 aromatic heterocycles. The molecule has 0 unspecified atom stereocenters. The van der Waals surface area contributed by atoms with Crippen molar-refractivity contribution in [3.8, 4) is 0 Å². The fraction of sp³-hybridized carbons (Fsp3) is 0.333. The summed E-state index contributed by atoms with van der Waals surface area (Å²) in [5.41, 5.74) is 7.93. The number of nitrogen functional groups attached to an aromatic ring is 1. The Bertz CT molecular complexity index is 616. The van der Waals surface area contributed by atoms with Crippen LogP contribution in [0.4, 0.5) is 5.69 Å². The monoisotopic (exact) mass is 289 g/mol. The van der Waals surface area contributed by atoms with E-state index in [2.05, 4.69) is 10.3 Å². The van der Waals surface area contributed by atoms with Gasteiger partial charge < -0.3 is 20.9 Å². The second-order valence-corrected chi connectivity index (χ2v) is 4.62. The third kappa shape index (κ3) is 4.70. The van der Waals surface area contributed by atoms with Gasteiger partial charge in [-0.3, -0.25) is 9.78 Å². The summed E-state index contributed by atoms with van der Waals surface area (Å²) in [7, 11) is 0. The van der Waals surface area contributed by atoms with Crippen LogP contribution >= 0.6 is 0 Å². The van der Waals surface area contributed by atoms with Gasteiger partial charge in [-0.15, -0.1) is 0 Å². The Morgan fingerprint density at radius 1 is 1.29 bits per heavy atom. The van der Waals surface area contributed by atoms with Gasteiger partial charge in [-0.2, -0.15) is 0 Å². The molecule has 2 rings (SSSR count). The minimum absolute atomic E-state index is 0.0144. The van der Waals surface area contributed by atoms with Gasteiger partial charge in [0.15, 0.2) is 0 Å². The van der Waals surface area contributed by atoms with E-state index in [1.807, 2.05) is 24.3 Å².